The summed E-state index contributed by atoms with van der Waals surface area (Å²) in [7, 11) is -1.94. The minimum atomic E-state index is -3.57. The molecule has 0 aliphatic rings. The third kappa shape index (κ3) is 6.29. The molecule has 0 unspecified atom stereocenters. The number of rotatable bonds is 11. The normalized spacial score (nSPS) is 11.5. The number of unbranched alkanes of at least 4 members (excludes halogenated alkanes) is 1. The number of thiazole rings is 1. The van der Waals surface area contributed by atoms with Gasteiger partial charge in [-0.3, -0.25) is 0 Å². The van der Waals surface area contributed by atoms with Crippen LogP contribution in [0.2, 0.25) is 0 Å². The second-order valence-electron chi connectivity index (χ2n) is 7.08. The number of hydrogen-bond acceptors (Lipinski definition) is 6. The predicted molar refractivity (Wildman–Crippen MR) is 125 cm³/mol. The van der Waals surface area contributed by atoms with E-state index in [-0.39, 0.29) is 4.90 Å². The lowest BCUT2D eigenvalue weighted by Gasteiger charge is -2.08. The SMILES string of the molecule is CCCCOc1ccc(S(=O)(=O)NCCc2sc(-c3ccc(OC)cc3)nc2C)cc1. The molecule has 1 aromatic heterocycles. The number of benzene rings is 2. The van der Waals surface area contributed by atoms with Gasteiger partial charge in [-0.1, -0.05) is 13.3 Å². The van der Waals surface area contributed by atoms with Gasteiger partial charge in [-0.15, -0.1) is 11.3 Å². The first-order valence-corrected chi connectivity index (χ1v) is 12.6. The van der Waals surface area contributed by atoms with Gasteiger partial charge in [0.05, 0.1) is 24.3 Å². The molecule has 3 rings (SSSR count). The first-order chi connectivity index (χ1) is 14.9. The molecular formula is C23H28N2O4S2. The number of aryl methyl sites for hydroxylation is 1. The molecular weight excluding hydrogens is 432 g/mol. The van der Waals surface area contributed by atoms with E-state index in [1.165, 1.54) is 0 Å². The number of hydrogen-bond donors (Lipinski definition) is 1. The van der Waals surface area contributed by atoms with Crippen LogP contribution in [-0.4, -0.2) is 33.7 Å². The summed E-state index contributed by atoms with van der Waals surface area (Å²) in [6.07, 6.45) is 2.60. The molecule has 1 N–H and O–H groups in total. The third-order valence-electron chi connectivity index (χ3n) is 4.77. The first-order valence-electron chi connectivity index (χ1n) is 10.3. The molecule has 0 aliphatic heterocycles. The largest absolute Gasteiger partial charge is 0.497 e. The molecule has 8 heteroatoms. The highest BCUT2D eigenvalue weighted by Gasteiger charge is 2.15. The summed E-state index contributed by atoms with van der Waals surface area (Å²) in [6.45, 7) is 4.98. The number of nitrogens with one attached hydrogen (secondary N) is 1. The van der Waals surface area contributed by atoms with E-state index in [0.29, 0.717) is 25.3 Å². The summed E-state index contributed by atoms with van der Waals surface area (Å²) in [5.74, 6) is 1.48. The van der Waals surface area contributed by atoms with Gasteiger partial charge in [0.25, 0.3) is 0 Å². The molecule has 0 saturated heterocycles. The standard InChI is InChI=1S/C23H28N2O4S2/c1-4-5-16-29-20-10-12-21(13-11-20)31(26,27)24-15-14-22-17(2)25-23(30-22)18-6-8-19(28-3)9-7-18/h6-13,24H,4-5,14-16H2,1-3H3. The van der Waals surface area contributed by atoms with Crippen LogP contribution in [0.3, 0.4) is 0 Å². The van der Waals surface area contributed by atoms with E-state index in [2.05, 4.69) is 16.6 Å². The Labute approximate surface area is 188 Å². The Morgan fingerprint density at radius 3 is 2.35 bits per heavy atom. The lowest BCUT2D eigenvalue weighted by atomic mass is 10.2. The van der Waals surface area contributed by atoms with Crippen LogP contribution in [0.1, 0.15) is 30.3 Å². The average Bonchev–Trinajstić information content (AvgIpc) is 3.15. The molecule has 166 valence electrons. The van der Waals surface area contributed by atoms with Gasteiger partial charge < -0.3 is 9.47 Å². The van der Waals surface area contributed by atoms with Crippen LogP contribution in [0.25, 0.3) is 10.6 Å². The van der Waals surface area contributed by atoms with E-state index < -0.39 is 10.0 Å². The van der Waals surface area contributed by atoms with Gasteiger partial charge in [0, 0.05) is 17.0 Å². The number of methoxy groups -OCH3 is 1. The predicted octanol–water partition coefficient (Wildman–Crippen LogP) is 4.83. The van der Waals surface area contributed by atoms with E-state index in [1.54, 1.807) is 42.7 Å². The van der Waals surface area contributed by atoms with Crippen molar-refractivity contribution < 1.29 is 17.9 Å². The number of nitrogens with zero attached hydrogens (tertiary/aromatic N) is 1. The van der Waals surface area contributed by atoms with Gasteiger partial charge in [-0.25, -0.2) is 18.1 Å². The van der Waals surface area contributed by atoms with Gasteiger partial charge in [0.2, 0.25) is 10.0 Å². The minimum Gasteiger partial charge on any atom is -0.497 e. The molecule has 3 aromatic rings. The first kappa shape index (κ1) is 23.2. The van der Waals surface area contributed by atoms with Crippen LogP contribution in [0.4, 0.5) is 0 Å². The average molecular weight is 461 g/mol. The van der Waals surface area contributed by atoms with Crippen molar-refractivity contribution in [2.45, 2.75) is 38.0 Å². The van der Waals surface area contributed by atoms with E-state index >= 15 is 0 Å². The molecule has 0 spiro atoms. The lowest BCUT2D eigenvalue weighted by Crippen LogP contribution is -2.25. The fourth-order valence-corrected chi connectivity index (χ4v) is 5.05. The lowest BCUT2D eigenvalue weighted by molar-refractivity contribution is 0.309. The van der Waals surface area contributed by atoms with E-state index in [9.17, 15) is 8.42 Å². The maximum absolute atomic E-state index is 12.6. The summed E-state index contributed by atoms with van der Waals surface area (Å²) in [4.78, 5) is 5.93. The van der Waals surface area contributed by atoms with Crippen molar-refractivity contribution >= 4 is 21.4 Å². The second kappa shape index (κ2) is 10.7. The van der Waals surface area contributed by atoms with E-state index in [1.807, 2.05) is 31.2 Å². The third-order valence-corrected chi connectivity index (χ3v) is 7.52. The maximum Gasteiger partial charge on any atom is 0.240 e. The highest BCUT2D eigenvalue weighted by Crippen LogP contribution is 2.29. The van der Waals surface area contributed by atoms with Crippen molar-refractivity contribution in [1.29, 1.82) is 0 Å². The summed E-state index contributed by atoms with van der Waals surface area (Å²) < 4.78 is 38.6. The second-order valence-corrected chi connectivity index (χ2v) is 9.93. The zero-order chi connectivity index (χ0) is 22.3. The molecule has 31 heavy (non-hydrogen) atoms. The topological polar surface area (TPSA) is 77.5 Å². The molecule has 0 radical (unpaired) electrons. The quantitative estimate of drug-likeness (QED) is 0.415. The van der Waals surface area contributed by atoms with Gasteiger partial charge in [0.1, 0.15) is 16.5 Å². The summed E-state index contributed by atoms with van der Waals surface area (Å²) in [6, 6.07) is 14.3. The summed E-state index contributed by atoms with van der Waals surface area (Å²) in [5, 5.41) is 0.914. The molecule has 0 atom stereocenters. The van der Waals surface area contributed by atoms with Crippen molar-refractivity contribution in [2.75, 3.05) is 20.3 Å². The van der Waals surface area contributed by atoms with Crippen LogP contribution < -0.4 is 14.2 Å². The van der Waals surface area contributed by atoms with E-state index in [0.717, 1.165) is 39.7 Å². The molecule has 0 amide bonds. The Kier molecular flexibility index (Phi) is 8.06. The zero-order valence-corrected chi connectivity index (χ0v) is 19.7. The molecule has 0 aliphatic carbocycles. The maximum atomic E-state index is 12.6. The Morgan fingerprint density at radius 1 is 1.03 bits per heavy atom. The van der Waals surface area contributed by atoms with Crippen molar-refractivity contribution in [2.24, 2.45) is 0 Å². The monoisotopic (exact) mass is 460 g/mol. The van der Waals surface area contributed by atoms with Crippen molar-refractivity contribution in [3.8, 4) is 22.1 Å². The van der Waals surface area contributed by atoms with Crippen molar-refractivity contribution in [3.05, 3.63) is 59.1 Å². The Balaban J connectivity index is 1.58. The van der Waals surface area contributed by atoms with Crippen LogP contribution in [-0.2, 0) is 16.4 Å². The number of ether oxygens (including phenoxy) is 2. The van der Waals surface area contributed by atoms with Crippen LogP contribution >= 0.6 is 11.3 Å². The smallest absolute Gasteiger partial charge is 0.240 e. The Morgan fingerprint density at radius 2 is 1.71 bits per heavy atom. The summed E-state index contributed by atoms with van der Waals surface area (Å²) in [5.41, 5.74) is 1.94. The van der Waals surface area contributed by atoms with Crippen LogP contribution in [0.15, 0.2) is 53.4 Å². The Hall–Kier alpha value is -2.42. The van der Waals surface area contributed by atoms with Crippen LogP contribution in [0.5, 0.6) is 11.5 Å². The van der Waals surface area contributed by atoms with Crippen molar-refractivity contribution in [1.82, 2.24) is 9.71 Å². The molecule has 6 nitrogen and oxygen atoms in total. The molecule has 0 bridgehead atoms. The van der Waals surface area contributed by atoms with Gasteiger partial charge in [-0.2, -0.15) is 0 Å². The van der Waals surface area contributed by atoms with Gasteiger partial charge in [-0.05, 0) is 68.3 Å². The molecule has 1 heterocycles. The molecule has 2 aromatic carbocycles. The van der Waals surface area contributed by atoms with Gasteiger partial charge in [0.15, 0.2) is 0 Å². The Bertz CT molecular complexity index is 1080. The summed E-state index contributed by atoms with van der Waals surface area (Å²) >= 11 is 1.58. The number of aromatic nitrogens is 1. The van der Waals surface area contributed by atoms with Crippen molar-refractivity contribution in [3.63, 3.8) is 0 Å². The fraction of sp³-hybridized carbons (Fsp3) is 0.348. The van der Waals surface area contributed by atoms with Gasteiger partial charge >= 0.3 is 0 Å². The minimum absolute atomic E-state index is 0.232. The molecule has 0 saturated carbocycles. The highest BCUT2D eigenvalue weighted by molar-refractivity contribution is 7.89. The zero-order valence-electron chi connectivity index (χ0n) is 18.1. The fourth-order valence-electron chi connectivity index (χ4n) is 2.95. The molecule has 0 fully saturated rings. The van der Waals surface area contributed by atoms with Crippen LogP contribution in [0, 0.1) is 6.92 Å². The van der Waals surface area contributed by atoms with E-state index in [4.69, 9.17) is 9.47 Å². The highest BCUT2D eigenvalue weighted by atomic mass is 32.2. The number of sulfonamides is 1.